The minimum Gasteiger partial charge on any atom is -0.468 e. The zero-order valence-electron chi connectivity index (χ0n) is 11.6. The number of hydrogen-bond acceptors (Lipinski definition) is 3. The molecule has 0 amide bonds. The molecule has 0 bridgehead atoms. The monoisotopic (exact) mass is 276 g/mol. The van der Waals surface area contributed by atoms with Crippen LogP contribution in [0.1, 0.15) is 30.7 Å². The fourth-order valence-electron chi connectivity index (χ4n) is 1.62. The van der Waals surface area contributed by atoms with Crippen molar-refractivity contribution in [2.24, 2.45) is 0 Å². The second-order valence-electron chi connectivity index (χ2n) is 4.80. The minimum absolute atomic E-state index is 0.0583. The van der Waals surface area contributed by atoms with Crippen LogP contribution in [0.25, 0.3) is 0 Å². The first-order valence-electron chi connectivity index (χ1n) is 6.09. The lowest BCUT2D eigenvalue weighted by Crippen LogP contribution is -2.25. The third kappa shape index (κ3) is 5.46. The fraction of sp³-hybridized carbons (Fsp3) is 0.615. The van der Waals surface area contributed by atoms with Crippen LogP contribution in [0.4, 0.5) is 13.2 Å². The molecule has 0 aliphatic rings. The summed E-state index contributed by atoms with van der Waals surface area (Å²) in [4.78, 5) is 4.05. The van der Waals surface area contributed by atoms with Crippen molar-refractivity contribution in [1.82, 2.24) is 10.3 Å². The molecule has 1 N–H and O–H groups in total. The van der Waals surface area contributed by atoms with Gasteiger partial charge in [-0.05, 0) is 25.5 Å². The molecule has 0 saturated carbocycles. The van der Waals surface area contributed by atoms with Gasteiger partial charge in [0.25, 0.3) is 0 Å². The maximum absolute atomic E-state index is 12.2. The van der Waals surface area contributed by atoms with E-state index in [-0.39, 0.29) is 11.9 Å². The molecule has 3 nitrogen and oxygen atoms in total. The van der Waals surface area contributed by atoms with Crippen molar-refractivity contribution >= 4 is 0 Å². The molecule has 0 aliphatic heterocycles. The van der Waals surface area contributed by atoms with Crippen molar-refractivity contribution in [3.05, 3.63) is 22.9 Å². The van der Waals surface area contributed by atoms with Gasteiger partial charge in [-0.3, -0.25) is 0 Å². The summed E-state index contributed by atoms with van der Waals surface area (Å²) in [6.07, 6.45) is -4.36. The molecular formula is C13H19F3N2O. The second-order valence-corrected chi connectivity index (χ2v) is 4.80. The van der Waals surface area contributed by atoms with Crippen LogP contribution in [0.3, 0.4) is 0 Å². The number of rotatable bonds is 5. The van der Waals surface area contributed by atoms with Gasteiger partial charge in [-0.25, -0.2) is 4.98 Å². The highest BCUT2D eigenvalue weighted by molar-refractivity contribution is 5.35. The SMILES string of the molecule is Cc1cc(C)c(CNC(C)C)c(OCC(F)(F)F)n1. The quantitative estimate of drug-likeness (QED) is 0.897. The first kappa shape index (κ1) is 15.8. The molecule has 0 unspecified atom stereocenters. The van der Waals surface area contributed by atoms with Gasteiger partial charge in [-0.2, -0.15) is 13.2 Å². The lowest BCUT2D eigenvalue weighted by atomic mass is 10.1. The van der Waals surface area contributed by atoms with Gasteiger partial charge in [0.05, 0.1) is 0 Å². The van der Waals surface area contributed by atoms with Crippen LogP contribution < -0.4 is 10.1 Å². The number of nitrogens with zero attached hydrogens (tertiary/aromatic N) is 1. The van der Waals surface area contributed by atoms with Crippen molar-refractivity contribution in [2.45, 2.75) is 46.5 Å². The highest BCUT2D eigenvalue weighted by Crippen LogP contribution is 2.23. The van der Waals surface area contributed by atoms with Gasteiger partial charge in [-0.15, -0.1) is 0 Å². The maximum Gasteiger partial charge on any atom is 0.422 e. The van der Waals surface area contributed by atoms with Gasteiger partial charge >= 0.3 is 6.18 Å². The normalized spacial score (nSPS) is 12.0. The van der Waals surface area contributed by atoms with Crippen molar-refractivity contribution in [2.75, 3.05) is 6.61 Å². The van der Waals surface area contributed by atoms with Crippen LogP contribution in [0.5, 0.6) is 5.88 Å². The number of hydrogen-bond donors (Lipinski definition) is 1. The highest BCUT2D eigenvalue weighted by Gasteiger charge is 2.29. The maximum atomic E-state index is 12.2. The Kier molecular flexibility index (Phi) is 5.17. The summed E-state index contributed by atoms with van der Waals surface area (Å²) in [6.45, 7) is 6.61. The topological polar surface area (TPSA) is 34.1 Å². The molecule has 6 heteroatoms. The lowest BCUT2D eigenvalue weighted by Gasteiger charge is -2.16. The van der Waals surface area contributed by atoms with E-state index in [0.29, 0.717) is 17.8 Å². The summed E-state index contributed by atoms with van der Waals surface area (Å²) in [5.74, 6) is 0.0583. The van der Waals surface area contributed by atoms with E-state index >= 15 is 0 Å². The number of nitrogens with one attached hydrogen (secondary N) is 1. The predicted octanol–water partition coefficient (Wildman–Crippen LogP) is 3.14. The average molecular weight is 276 g/mol. The summed E-state index contributed by atoms with van der Waals surface area (Å²) in [6, 6.07) is 2.06. The first-order valence-corrected chi connectivity index (χ1v) is 6.09. The number of alkyl halides is 3. The first-order chi connectivity index (χ1) is 8.69. The Morgan fingerprint density at radius 2 is 1.95 bits per heavy atom. The Labute approximate surface area is 111 Å². The zero-order valence-corrected chi connectivity index (χ0v) is 11.6. The summed E-state index contributed by atoms with van der Waals surface area (Å²) < 4.78 is 41.5. The Hall–Kier alpha value is -1.30. The lowest BCUT2D eigenvalue weighted by molar-refractivity contribution is -0.154. The molecule has 1 heterocycles. The van der Waals surface area contributed by atoms with Gasteiger partial charge in [0.2, 0.25) is 5.88 Å². The molecule has 19 heavy (non-hydrogen) atoms. The Morgan fingerprint density at radius 1 is 1.32 bits per heavy atom. The molecule has 0 aliphatic carbocycles. The van der Waals surface area contributed by atoms with Crippen molar-refractivity contribution in [3.63, 3.8) is 0 Å². The molecule has 0 aromatic carbocycles. The van der Waals surface area contributed by atoms with Gasteiger partial charge in [-0.1, -0.05) is 13.8 Å². The van der Waals surface area contributed by atoms with E-state index in [9.17, 15) is 13.2 Å². The summed E-state index contributed by atoms with van der Waals surface area (Å²) in [5, 5.41) is 3.16. The molecule has 1 aromatic rings. The molecule has 0 saturated heterocycles. The number of aromatic nitrogens is 1. The van der Waals surface area contributed by atoms with E-state index in [2.05, 4.69) is 10.3 Å². The van der Waals surface area contributed by atoms with Crippen molar-refractivity contribution in [3.8, 4) is 5.88 Å². The smallest absolute Gasteiger partial charge is 0.422 e. The summed E-state index contributed by atoms with van der Waals surface area (Å²) in [7, 11) is 0. The van der Waals surface area contributed by atoms with E-state index in [1.807, 2.05) is 26.8 Å². The number of aryl methyl sites for hydroxylation is 2. The predicted molar refractivity (Wildman–Crippen MR) is 67.2 cm³/mol. The van der Waals surface area contributed by atoms with E-state index in [1.165, 1.54) is 0 Å². The largest absolute Gasteiger partial charge is 0.468 e. The Bertz CT molecular complexity index is 431. The van der Waals surface area contributed by atoms with Gasteiger partial charge in [0.15, 0.2) is 6.61 Å². The fourth-order valence-corrected chi connectivity index (χ4v) is 1.62. The third-order valence-corrected chi connectivity index (χ3v) is 2.50. The van der Waals surface area contributed by atoms with Crippen LogP contribution in [0.15, 0.2) is 6.07 Å². The third-order valence-electron chi connectivity index (χ3n) is 2.50. The molecule has 0 fully saturated rings. The summed E-state index contributed by atoms with van der Waals surface area (Å²) >= 11 is 0. The molecule has 1 rings (SSSR count). The molecule has 0 atom stereocenters. The second kappa shape index (κ2) is 6.23. The molecule has 0 radical (unpaired) electrons. The molecule has 1 aromatic heterocycles. The Balaban J connectivity index is 2.92. The number of pyridine rings is 1. The number of halogens is 3. The van der Waals surface area contributed by atoms with Gasteiger partial charge in [0, 0.05) is 23.8 Å². The zero-order chi connectivity index (χ0) is 14.6. The molecular weight excluding hydrogens is 257 g/mol. The van der Waals surface area contributed by atoms with Crippen LogP contribution in [-0.4, -0.2) is 23.8 Å². The Morgan fingerprint density at radius 3 is 2.47 bits per heavy atom. The summed E-state index contributed by atoms with van der Waals surface area (Å²) in [5.41, 5.74) is 2.18. The molecule has 108 valence electrons. The molecule has 0 spiro atoms. The standard InChI is InChI=1S/C13H19F3N2O/c1-8(2)17-6-11-9(3)5-10(4)18-12(11)19-7-13(14,15)16/h5,8,17H,6-7H2,1-4H3. The van der Waals surface area contributed by atoms with Crippen LogP contribution in [0.2, 0.25) is 0 Å². The minimum atomic E-state index is -4.36. The van der Waals surface area contributed by atoms with Gasteiger partial charge in [0.1, 0.15) is 0 Å². The van der Waals surface area contributed by atoms with E-state index < -0.39 is 12.8 Å². The van der Waals surface area contributed by atoms with E-state index in [0.717, 1.165) is 5.56 Å². The van der Waals surface area contributed by atoms with Crippen molar-refractivity contribution in [1.29, 1.82) is 0 Å². The van der Waals surface area contributed by atoms with Crippen LogP contribution in [0, 0.1) is 13.8 Å². The van der Waals surface area contributed by atoms with Gasteiger partial charge < -0.3 is 10.1 Å². The van der Waals surface area contributed by atoms with Crippen molar-refractivity contribution < 1.29 is 17.9 Å². The highest BCUT2D eigenvalue weighted by atomic mass is 19.4. The average Bonchev–Trinajstić information content (AvgIpc) is 2.23. The van der Waals surface area contributed by atoms with Crippen LogP contribution in [-0.2, 0) is 6.54 Å². The van der Waals surface area contributed by atoms with E-state index in [1.54, 1.807) is 6.92 Å². The number of ether oxygens (including phenoxy) is 1. The van der Waals surface area contributed by atoms with E-state index in [4.69, 9.17) is 4.74 Å². The van der Waals surface area contributed by atoms with Crippen LogP contribution >= 0.6 is 0 Å².